The van der Waals surface area contributed by atoms with Gasteiger partial charge >= 0.3 is 6.18 Å². The molecule has 0 radical (unpaired) electrons. The van der Waals surface area contributed by atoms with Gasteiger partial charge in [0.1, 0.15) is 5.75 Å². The van der Waals surface area contributed by atoms with Gasteiger partial charge in [0.05, 0.1) is 16.3 Å². The molecule has 0 saturated carbocycles. The van der Waals surface area contributed by atoms with Crippen molar-refractivity contribution in [1.29, 1.82) is 0 Å². The Morgan fingerprint density at radius 3 is 2.52 bits per heavy atom. The maximum atomic E-state index is 12.3. The van der Waals surface area contributed by atoms with E-state index >= 15 is 0 Å². The Hall–Kier alpha value is -1.92. The fourth-order valence-corrected chi connectivity index (χ4v) is 2.09. The van der Waals surface area contributed by atoms with Crippen LogP contribution in [0, 0.1) is 0 Å². The lowest BCUT2D eigenvalue weighted by molar-refractivity contribution is -0.153. The van der Waals surface area contributed by atoms with Crippen LogP contribution in [0.2, 0.25) is 10.0 Å². The quantitative estimate of drug-likeness (QED) is 0.811. The second kappa shape index (κ2) is 7.10. The summed E-state index contributed by atoms with van der Waals surface area (Å²) in [6.07, 6.45) is -4.48. The first-order valence-electron chi connectivity index (χ1n) is 6.31. The number of hydrogen-bond donors (Lipinski definition) is 1. The second-order valence-corrected chi connectivity index (χ2v) is 5.32. The van der Waals surface area contributed by atoms with Crippen molar-refractivity contribution in [2.45, 2.75) is 6.18 Å². The van der Waals surface area contributed by atoms with Crippen LogP contribution in [0.3, 0.4) is 0 Å². The lowest BCUT2D eigenvalue weighted by atomic mass is 10.2. The number of alkyl halides is 3. The summed E-state index contributed by atoms with van der Waals surface area (Å²) in [5, 5.41) is 2.93. The molecule has 2 aromatic carbocycles. The highest BCUT2D eigenvalue weighted by atomic mass is 35.5. The van der Waals surface area contributed by atoms with Gasteiger partial charge in [0, 0.05) is 5.02 Å². The maximum absolute atomic E-state index is 12.3. The van der Waals surface area contributed by atoms with Crippen molar-refractivity contribution in [2.75, 3.05) is 11.9 Å². The van der Waals surface area contributed by atoms with Crippen molar-refractivity contribution in [3.63, 3.8) is 0 Å². The van der Waals surface area contributed by atoms with E-state index in [4.69, 9.17) is 27.9 Å². The van der Waals surface area contributed by atoms with Gasteiger partial charge in [0.15, 0.2) is 6.61 Å². The highest BCUT2D eigenvalue weighted by Gasteiger charge is 2.29. The van der Waals surface area contributed by atoms with Crippen molar-refractivity contribution >= 4 is 34.8 Å². The van der Waals surface area contributed by atoms with Gasteiger partial charge in [0.25, 0.3) is 5.91 Å². The van der Waals surface area contributed by atoms with Crippen LogP contribution < -0.4 is 10.1 Å². The van der Waals surface area contributed by atoms with Crippen molar-refractivity contribution in [1.82, 2.24) is 0 Å². The van der Waals surface area contributed by atoms with E-state index in [9.17, 15) is 18.0 Å². The number of carbonyl (C=O) groups is 1. The standard InChI is InChI=1S/C15H10Cl2F3NO2/c16-9-5-6-11(17)10(7-9)14(22)21-12-3-1-2-4-13(12)23-8-15(18,19)20/h1-7H,8H2,(H,21,22). The highest BCUT2D eigenvalue weighted by Crippen LogP contribution is 2.28. The zero-order chi connectivity index (χ0) is 17.0. The summed E-state index contributed by atoms with van der Waals surface area (Å²) in [6, 6.07) is 10.1. The zero-order valence-electron chi connectivity index (χ0n) is 11.5. The largest absolute Gasteiger partial charge is 0.482 e. The molecular weight excluding hydrogens is 354 g/mol. The summed E-state index contributed by atoms with van der Waals surface area (Å²) in [4.78, 5) is 12.2. The Bertz CT molecular complexity index is 720. The number of para-hydroxylation sites is 2. The summed E-state index contributed by atoms with van der Waals surface area (Å²) in [5.74, 6) is -0.711. The van der Waals surface area contributed by atoms with E-state index in [1.807, 2.05) is 0 Å². The summed E-state index contributed by atoms with van der Waals surface area (Å²) in [5.41, 5.74) is 0.197. The average Bonchev–Trinajstić information content (AvgIpc) is 2.48. The van der Waals surface area contributed by atoms with Gasteiger partial charge in [-0.05, 0) is 30.3 Å². The number of benzene rings is 2. The molecule has 0 aromatic heterocycles. The molecule has 1 amide bonds. The SMILES string of the molecule is O=C(Nc1ccccc1OCC(F)(F)F)c1cc(Cl)ccc1Cl. The Morgan fingerprint density at radius 1 is 1.13 bits per heavy atom. The fourth-order valence-electron chi connectivity index (χ4n) is 1.72. The number of ether oxygens (including phenoxy) is 1. The Balaban J connectivity index is 2.19. The van der Waals surface area contributed by atoms with Crippen molar-refractivity contribution in [3.8, 4) is 5.75 Å². The van der Waals surface area contributed by atoms with E-state index in [0.29, 0.717) is 5.02 Å². The van der Waals surface area contributed by atoms with Crippen LogP contribution in [0.1, 0.15) is 10.4 Å². The Labute approximate surface area is 140 Å². The molecule has 122 valence electrons. The lowest BCUT2D eigenvalue weighted by Crippen LogP contribution is -2.20. The molecule has 2 aromatic rings. The third-order valence-corrected chi connectivity index (χ3v) is 3.26. The van der Waals surface area contributed by atoms with Gasteiger partial charge in [-0.3, -0.25) is 4.79 Å². The van der Waals surface area contributed by atoms with Crippen LogP contribution in [0.5, 0.6) is 5.75 Å². The van der Waals surface area contributed by atoms with E-state index in [1.165, 1.54) is 36.4 Å². The molecule has 2 rings (SSSR count). The zero-order valence-corrected chi connectivity index (χ0v) is 13.0. The lowest BCUT2D eigenvalue weighted by Gasteiger charge is -2.14. The van der Waals surface area contributed by atoms with Gasteiger partial charge in [-0.25, -0.2) is 0 Å². The Kier molecular flexibility index (Phi) is 5.38. The summed E-state index contributed by atoms with van der Waals surface area (Å²) in [6.45, 7) is -1.46. The van der Waals surface area contributed by atoms with Gasteiger partial charge in [-0.1, -0.05) is 35.3 Å². The summed E-state index contributed by atoms with van der Waals surface area (Å²) in [7, 11) is 0. The molecule has 0 aliphatic rings. The van der Waals surface area contributed by atoms with E-state index < -0.39 is 18.7 Å². The fraction of sp³-hybridized carbons (Fsp3) is 0.133. The van der Waals surface area contributed by atoms with Crippen LogP contribution in [-0.4, -0.2) is 18.7 Å². The predicted octanol–water partition coefficient (Wildman–Crippen LogP) is 5.19. The molecular formula is C15H10Cl2F3NO2. The number of halogens is 5. The first-order valence-corrected chi connectivity index (χ1v) is 7.07. The van der Waals surface area contributed by atoms with Crippen LogP contribution in [0.4, 0.5) is 18.9 Å². The minimum atomic E-state index is -4.48. The second-order valence-electron chi connectivity index (χ2n) is 4.48. The van der Waals surface area contributed by atoms with E-state index in [0.717, 1.165) is 0 Å². The van der Waals surface area contributed by atoms with Gasteiger partial charge in [-0.15, -0.1) is 0 Å². The monoisotopic (exact) mass is 363 g/mol. The molecule has 0 spiro atoms. The van der Waals surface area contributed by atoms with Gasteiger partial charge in [-0.2, -0.15) is 13.2 Å². The molecule has 1 N–H and O–H groups in total. The molecule has 23 heavy (non-hydrogen) atoms. The smallest absolute Gasteiger partial charge is 0.422 e. The molecule has 0 saturated heterocycles. The highest BCUT2D eigenvalue weighted by molar-refractivity contribution is 6.36. The minimum Gasteiger partial charge on any atom is -0.482 e. The summed E-state index contributed by atoms with van der Waals surface area (Å²) >= 11 is 11.7. The summed E-state index contributed by atoms with van der Waals surface area (Å²) < 4.78 is 41.5. The third kappa shape index (κ3) is 5.04. The Morgan fingerprint density at radius 2 is 1.83 bits per heavy atom. The molecule has 0 unspecified atom stereocenters. The van der Waals surface area contributed by atoms with Gasteiger partial charge in [0.2, 0.25) is 0 Å². The third-order valence-electron chi connectivity index (χ3n) is 2.70. The first-order chi connectivity index (χ1) is 10.8. The predicted molar refractivity (Wildman–Crippen MR) is 82.4 cm³/mol. The average molecular weight is 364 g/mol. The first kappa shape index (κ1) is 17.4. The number of hydrogen-bond acceptors (Lipinski definition) is 2. The van der Waals surface area contributed by atoms with Crippen molar-refractivity contribution in [2.24, 2.45) is 0 Å². The molecule has 0 fully saturated rings. The number of rotatable bonds is 4. The normalized spacial score (nSPS) is 11.2. The molecule has 0 heterocycles. The maximum Gasteiger partial charge on any atom is 0.422 e. The topological polar surface area (TPSA) is 38.3 Å². The number of anilines is 1. The molecule has 0 atom stereocenters. The minimum absolute atomic E-state index is 0.0952. The van der Waals surface area contributed by atoms with Crippen LogP contribution in [0.15, 0.2) is 42.5 Å². The van der Waals surface area contributed by atoms with Gasteiger partial charge < -0.3 is 10.1 Å². The van der Waals surface area contributed by atoms with E-state index in [-0.39, 0.29) is 22.0 Å². The van der Waals surface area contributed by atoms with Crippen LogP contribution in [-0.2, 0) is 0 Å². The van der Waals surface area contributed by atoms with Crippen molar-refractivity contribution in [3.05, 3.63) is 58.1 Å². The molecule has 8 heteroatoms. The van der Waals surface area contributed by atoms with Crippen LogP contribution >= 0.6 is 23.2 Å². The van der Waals surface area contributed by atoms with E-state index in [1.54, 1.807) is 6.07 Å². The molecule has 0 aliphatic carbocycles. The van der Waals surface area contributed by atoms with Crippen LogP contribution in [0.25, 0.3) is 0 Å². The molecule has 0 aliphatic heterocycles. The van der Waals surface area contributed by atoms with Crippen molar-refractivity contribution < 1.29 is 22.7 Å². The number of nitrogens with one attached hydrogen (secondary N) is 1. The van der Waals surface area contributed by atoms with E-state index in [2.05, 4.69) is 5.32 Å². The number of carbonyl (C=O) groups excluding carboxylic acids is 1. The molecule has 0 bridgehead atoms. The number of amides is 1. The molecule has 3 nitrogen and oxygen atoms in total.